The highest BCUT2D eigenvalue weighted by molar-refractivity contribution is 7.89. The molecule has 0 fully saturated rings. The van der Waals surface area contributed by atoms with Crippen molar-refractivity contribution in [3.63, 3.8) is 0 Å². The molecular formula is C21H23N5O6S. The van der Waals surface area contributed by atoms with Crippen molar-refractivity contribution in [1.82, 2.24) is 19.8 Å². The maximum atomic E-state index is 12.3. The van der Waals surface area contributed by atoms with E-state index in [-0.39, 0.29) is 30.4 Å². The minimum atomic E-state index is -3.79. The van der Waals surface area contributed by atoms with Crippen LogP contribution in [0, 0.1) is 0 Å². The van der Waals surface area contributed by atoms with E-state index in [0.717, 1.165) is 5.56 Å². The van der Waals surface area contributed by atoms with Gasteiger partial charge in [0.2, 0.25) is 27.6 Å². The van der Waals surface area contributed by atoms with E-state index >= 15 is 0 Å². The minimum Gasteiger partial charge on any atom is -0.466 e. The molecule has 3 aromatic rings. The second-order valence-corrected chi connectivity index (χ2v) is 8.70. The van der Waals surface area contributed by atoms with Gasteiger partial charge in [-0.1, -0.05) is 5.16 Å². The fourth-order valence-electron chi connectivity index (χ4n) is 2.74. The van der Waals surface area contributed by atoms with E-state index in [4.69, 9.17) is 9.26 Å². The number of nitrogens with one attached hydrogen (secondary N) is 2. The summed E-state index contributed by atoms with van der Waals surface area (Å²) in [6.07, 6.45) is 4.07. The molecule has 11 nitrogen and oxygen atoms in total. The number of benzene rings is 1. The fourth-order valence-corrected chi connectivity index (χ4v) is 3.77. The third kappa shape index (κ3) is 7.47. The van der Waals surface area contributed by atoms with Crippen molar-refractivity contribution in [2.45, 2.75) is 31.1 Å². The summed E-state index contributed by atoms with van der Waals surface area (Å²) in [5.74, 6) is 0.0726. The Balaban J connectivity index is 1.35. The lowest BCUT2D eigenvalue weighted by molar-refractivity contribution is -0.143. The van der Waals surface area contributed by atoms with Crippen LogP contribution >= 0.6 is 0 Å². The van der Waals surface area contributed by atoms with Gasteiger partial charge in [-0.25, -0.2) is 13.1 Å². The number of ether oxygens (including phenoxy) is 1. The third-order valence-corrected chi connectivity index (χ3v) is 5.77. The summed E-state index contributed by atoms with van der Waals surface area (Å²) >= 11 is 0. The van der Waals surface area contributed by atoms with Crippen LogP contribution in [-0.2, 0) is 30.8 Å². The molecule has 0 radical (unpaired) electrons. The van der Waals surface area contributed by atoms with Crippen LogP contribution in [0.5, 0.6) is 0 Å². The van der Waals surface area contributed by atoms with Crippen LogP contribution in [0.15, 0.2) is 58.2 Å². The van der Waals surface area contributed by atoms with Crippen LogP contribution in [0.4, 0.5) is 5.69 Å². The molecule has 2 aromatic heterocycles. The molecule has 0 unspecified atom stereocenters. The second-order valence-electron chi connectivity index (χ2n) is 6.93. The predicted molar refractivity (Wildman–Crippen MR) is 117 cm³/mol. The van der Waals surface area contributed by atoms with Gasteiger partial charge in [-0.3, -0.25) is 14.6 Å². The number of sulfonamides is 1. The molecular weight excluding hydrogens is 450 g/mol. The van der Waals surface area contributed by atoms with Gasteiger partial charge in [0.05, 0.1) is 17.9 Å². The molecule has 0 bridgehead atoms. The number of aryl methyl sites for hydroxylation is 1. The number of rotatable bonds is 11. The molecule has 1 amide bonds. The van der Waals surface area contributed by atoms with Gasteiger partial charge in [-0.05, 0) is 42.8 Å². The van der Waals surface area contributed by atoms with E-state index in [0.29, 0.717) is 30.2 Å². The molecule has 1 aromatic carbocycles. The quantitative estimate of drug-likeness (QED) is 0.314. The lowest BCUT2D eigenvalue weighted by Gasteiger charge is -2.08. The number of anilines is 1. The number of amides is 1. The number of nitrogens with zero attached hydrogens (tertiary/aromatic N) is 3. The average Bonchev–Trinajstić information content (AvgIpc) is 3.26. The maximum Gasteiger partial charge on any atom is 0.307 e. The molecule has 2 N–H and O–H groups in total. The van der Waals surface area contributed by atoms with Crippen molar-refractivity contribution >= 4 is 27.6 Å². The number of aromatic nitrogens is 3. The Hall–Kier alpha value is -3.64. The van der Waals surface area contributed by atoms with Crippen LogP contribution in [0.2, 0.25) is 0 Å². The molecule has 0 aliphatic carbocycles. The van der Waals surface area contributed by atoms with Gasteiger partial charge in [0, 0.05) is 43.5 Å². The summed E-state index contributed by atoms with van der Waals surface area (Å²) in [6.45, 7) is 1.39. The van der Waals surface area contributed by atoms with Crippen LogP contribution in [0.3, 0.4) is 0 Å². The van der Waals surface area contributed by atoms with E-state index in [1.54, 1.807) is 18.5 Å². The molecule has 174 valence electrons. The Bertz CT molecular complexity index is 1180. The Morgan fingerprint density at radius 2 is 1.94 bits per heavy atom. The van der Waals surface area contributed by atoms with Crippen molar-refractivity contribution in [1.29, 1.82) is 0 Å². The third-order valence-electron chi connectivity index (χ3n) is 4.29. The van der Waals surface area contributed by atoms with Crippen molar-refractivity contribution in [3.8, 4) is 11.4 Å². The molecule has 0 saturated carbocycles. The van der Waals surface area contributed by atoms with E-state index in [1.165, 1.54) is 31.2 Å². The van der Waals surface area contributed by atoms with Crippen LogP contribution in [0.1, 0.15) is 25.7 Å². The molecule has 12 heteroatoms. The molecule has 0 saturated heterocycles. The molecule has 0 spiro atoms. The van der Waals surface area contributed by atoms with Crippen LogP contribution in [0.25, 0.3) is 11.4 Å². The molecule has 2 heterocycles. The summed E-state index contributed by atoms with van der Waals surface area (Å²) in [5, 5.41) is 6.44. The number of hydrogen-bond acceptors (Lipinski definition) is 9. The highest BCUT2D eigenvalue weighted by atomic mass is 32.2. The summed E-state index contributed by atoms with van der Waals surface area (Å²) in [4.78, 5) is 31.2. The molecule has 0 aliphatic rings. The van der Waals surface area contributed by atoms with Gasteiger partial charge < -0.3 is 14.6 Å². The first-order valence-electron chi connectivity index (χ1n) is 10.1. The smallest absolute Gasteiger partial charge is 0.307 e. The Labute approximate surface area is 190 Å². The summed E-state index contributed by atoms with van der Waals surface area (Å²) < 4.78 is 37.2. The number of esters is 1. The molecule has 0 atom stereocenters. The van der Waals surface area contributed by atoms with Gasteiger partial charge in [0.25, 0.3) is 0 Å². The first kappa shape index (κ1) is 24.0. The summed E-state index contributed by atoms with van der Waals surface area (Å²) in [7, 11) is -3.79. The zero-order valence-corrected chi connectivity index (χ0v) is 18.7. The SMILES string of the molecule is CC(=O)Nc1ccc(S(=O)(=O)NCCC(=O)OCCCc2nc(-c3cccnc3)no2)cc1. The minimum absolute atomic E-state index is 0.0233. The number of carbonyl (C=O) groups excluding carboxylic acids is 2. The number of carbonyl (C=O) groups is 2. The van der Waals surface area contributed by atoms with Crippen LogP contribution in [-0.4, -0.2) is 48.6 Å². The van der Waals surface area contributed by atoms with Crippen molar-refractivity contribution in [2.75, 3.05) is 18.5 Å². The Morgan fingerprint density at radius 3 is 2.64 bits per heavy atom. The average molecular weight is 474 g/mol. The van der Waals surface area contributed by atoms with Crippen molar-refractivity contribution < 1.29 is 27.3 Å². The van der Waals surface area contributed by atoms with Crippen LogP contribution < -0.4 is 10.0 Å². The normalized spacial score (nSPS) is 11.2. The van der Waals surface area contributed by atoms with E-state index in [1.807, 2.05) is 6.07 Å². The second kappa shape index (κ2) is 11.3. The molecule has 33 heavy (non-hydrogen) atoms. The predicted octanol–water partition coefficient (Wildman–Crippen LogP) is 1.93. The summed E-state index contributed by atoms with van der Waals surface area (Å²) in [6, 6.07) is 9.28. The van der Waals surface area contributed by atoms with Crippen molar-refractivity contribution in [2.24, 2.45) is 0 Å². The summed E-state index contributed by atoms with van der Waals surface area (Å²) in [5.41, 5.74) is 1.23. The standard InChI is InChI=1S/C21H23N5O6S/c1-15(27)24-17-6-8-18(9-7-17)33(29,30)23-12-10-20(28)31-13-3-5-19-25-21(26-32-19)16-4-2-11-22-14-16/h2,4,6-9,11,14,23H,3,5,10,12-13H2,1H3,(H,24,27). The first-order chi connectivity index (χ1) is 15.8. The van der Waals surface area contributed by atoms with Gasteiger partial charge >= 0.3 is 5.97 Å². The topological polar surface area (TPSA) is 153 Å². The van der Waals surface area contributed by atoms with Gasteiger partial charge in [-0.15, -0.1) is 0 Å². The van der Waals surface area contributed by atoms with Gasteiger partial charge in [0.15, 0.2) is 0 Å². The first-order valence-corrected chi connectivity index (χ1v) is 11.6. The Morgan fingerprint density at radius 1 is 1.15 bits per heavy atom. The zero-order chi connectivity index (χ0) is 23.7. The highest BCUT2D eigenvalue weighted by Gasteiger charge is 2.15. The fraction of sp³-hybridized carbons (Fsp3) is 0.286. The Kier molecular flexibility index (Phi) is 8.22. The monoisotopic (exact) mass is 473 g/mol. The van der Waals surface area contributed by atoms with E-state index < -0.39 is 16.0 Å². The largest absolute Gasteiger partial charge is 0.466 e. The maximum absolute atomic E-state index is 12.3. The van der Waals surface area contributed by atoms with E-state index in [9.17, 15) is 18.0 Å². The number of pyridine rings is 1. The lowest BCUT2D eigenvalue weighted by Crippen LogP contribution is -2.27. The van der Waals surface area contributed by atoms with Gasteiger partial charge in [0.1, 0.15) is 0 Å². The number of hydrogen-bond donors (Lipinski definition) is 2. The van der Waals surface area contributed by atoms with Crippen molar-refractivity contribution in [3.05, 3.63) is 54.7 Å². The highest BCUT2D eigenvalue weighted by Crippen LogP contribution is 2.15. The van der Waals surface area contributed by atoms with E-state index in [2.05, 4.69) is 25.2 Å². The molecule has 3 rings (SSSR count). The lowest BCUT2D eigenvalue weighted by atomic mass is 10.3. The van der Waals surface area contributed by atoms with Gasteiger partial charge in [-0.2, -0.15) is 4.98 Å². The zero-order valence-electron chi connectivity index (χ0n) is 17.9. The molecule has 0 aliphatic heterocycles.